The summed E-state index contributed by atoms with van der Waals surface area (Å²) in [5.41, 5.74) is 1.09. The van der Waals surface area contributed by atoms with Crippen LogP contribution >= 0.6 is 34.8 Å². The summed E-state index contributed by atoms with van der Waals surface area (Å²) in [6.45, 7) is 0. The van der Waals surface area contributed by atoms with Crippen LogP contribution < -0.4 is 4.74 Å². The van der Waals surface area contributed by atoms with Crippen molar-refractivity contribution in [2.24, 2.45) is 0 Å². The molecule has 1 aliphatic rings. The third kappa shape index (κ3) is 3.37. The highest BCUT2D eigenvalue weighted by atomic mass is 35.5. The lowest BCUT2D eigenvalue weighted by atomic mass is 10.0. The van der Waals surface area contributed by atoms with Crippen molar-refractivity contribution in [3.05, 3.63) is 69.9 Å². The summed E-state index contributed by atoms with van der Waals surface area (Å²) in [6, 6.07) is 14.7. The zero-order valence-corrected chi connectivity index (χ0v) is 15.4. The average molecular weight is 395 g/mol. The molecule has 0 saturated heterocycles. The molecule has 0 aliphatic heterocycles. The Hall–Kier alpha value is -1.68. The van der Waals surface area contributed by atoms with E-state index in [1.54, 1.807) is 18.2 Å². The first-order valence-corrected chi connectivity index (χ1v) is 9.14. The number of alkyl halides is 1. The van der Waals surface area contributed by atoms with E-state index in [9.17, 15) is 0 Å². The van der Waals surface area contributed by atoms with Gasteiger partial charge in [-0.25, -0.2) is 0 Å². The molecule has 1 saturated carbocycles. The van der Waals surface area contributed by atoms with Crippen molar-refractivity contribution in [3.63, 3.8) is 0 Å². The summed E-state index contributed by atoms with van der Waals surface area (Å²) < 4.78 is 11.5. The van der Waals surface area contributed by atoms with E-state index in [2.05, 4.69) is 5.16 Å². The molecule has 1 unspecified atom stereocenters. The van der Waals surface area contributed by atoms with Gasteiger partial charge in [0.05, 0.1) is 15.6 Å². The van der Waals surface area contributed by atoms with Crippen LogP contribution in [0.2, 0.25) is 10.0 Å². The van der Waals surface area contributed by atoms with Crippen LogP contribution in [0.3, 0.4) is 0 Å². The molecule has 1 aliphatic carbocycles. The van der Waals surface area contributed by atoms with Crippen molar-refractivity contribution in [2.75, 3.05) is 0 Å². The maximum Gasteiger partial charge on any atom is 0.203 e. The Morgan fingerprint density at radius 1 is 1.00 bits per heavy atom. The predicted octanol–water partition coefficient (Wildman–Crippen LogP) is 6.84. The molecule has 1 aromatic heterocycles. The molecule has 1 atom stereocenters. The fraction of sp³-hybridized carbons (Fsp3) is 0.211. The zero-order valence-electron chi connectivity index (χ0n) is 13.1. The summed E-state index contributed by atoms with van der Waals surface area (Å²) in [4.78, 5) is 0. The van der Waals surface area contributed by atoms with Gasteiger partial charge in [0, 0.05) is 11.5 Å². The Balaban J connectivity index is 1.79. The highest BCUT2D eigenvalue weighted by Crippen LogP contribution is 2.49. The van der Waals surface area contributed by atoms with Gasteiger partial charge in [-0.1, -0.05) is 64.2 Å². The van der Waals surface area contributed by atoms with Gasteiger partial charge >= 0.3 is 0 Å². The summed E-state index contributed by atoms with van der Waals surface area (Å²) in [7, 11) is 0. The minimum absolute atomic E-state index is 0.318. The lowest BCUT2D eigenvalue weighted by Crippen LogP contribution is -2.04. The van der Waals surface area contributed by atoms with Gasteiger partial charge in [0.1, 0.15) is 17.2 Å². The number of para-hydroxylation sites is 1. The van der Waals surface area contributed by atoms with Crippen LogP contribution in [0.1, 0.15) is 35.6 Å². The Kier molecular flexibility index (Phi) is 4.63. The minimum atomic E-state index is -0.758. The van der Waals surface area contributed by atoms with Crippen LogP contribution in [0.4, 0.5) is 0 Å². The van der Waals surface area contributed by atoms with Gasteiger partial charge in [0.2, 0.25) is 5.56 Å². The normalized spacial score (nSPS) is 15.2. The third-order valence-corrected chi connectivity index (χ3v) is 5.05. The van der Waals surface area contributed by atoms with Crippen LogP contribution in [0.25, 0.3) is 11.3 Å². The Labute approximate surface area is 160 Å². The fourth-order valence-electron chi connectivity index (χ4n) is 2.75. The van der Waals surface area contributed by atoms with Gasteiger partial charge in [-0.05, 0) is 37.1 Å². The van der Waals surface area contributed by atoms with E-state index in [4.69, 9.17) is 44.1 Å². The first kappa shape index (κ1) is 16.8. The van der Waals surface area contributed by atoms with Crippen LogP contribution in [0.5, 0.6) is 5.75 Å². The molecule has 3 nitrogen and oxygen atoms in total. The molecule has 4 rings (SSSR count). The molecule has 0 bridgehead atoms. The molecule has 0 N–H and O–H groups in total. The highest BCUT2D eigenvalue weighted by Gasteiger charge is 2.36. The van der Waals surface area contributed by atoms with Crippen LogP contribution in [-0.2, 0) is 0 Å². The second-order valence-corrected chi connectivity index (χ2v) is 7.14. The van der Waals surface area contributed by atoms with Crippen molar-refractivity contribution < 1.29 is 9.26 Å². The highest BCUT2D eigenvalue weighted by molar-refractivity contribution is 6.39. The van der Waals surface area contributed by atoms with Crippen LogP contribution in [0.15, 0.2) is 53.1 Å². The van der Waals surface area contributed by atoms with Crippen LogP contribution in [0, 0.1) is 0 Å². The minimum Gasteiger partial charge on any atom is -0.470 e. The molecule has 25 heavy (non-hydrogen) atoms. The zero-order chi connectivity index (χ0) is 17.4. The number of hydrogen-bond acceptors (Lipinski definition) is 3. The molecule has 0 amide bonds. The van der Waals surface area contributed by atoms with Crippen molar-refractivity contribution in [1.29, 1.82) is 0 Å². The van der Waals surface area contributed by atoms with Crippen LogP contribution in [-0.4, -0.2) is 5.16 Å². The molecular weight excluding hydrogens is 381 g/mol. The summed E-state index contributed by atoms with van der Waals surface area (Å²) in [5, 5.41) is 5.21. The van der Waals surface area contributed by atoms with E-state index in [1.807, 2.05) is 30.3 Å². The summed E-state index contributed by atoms with van der Waals surface area (Å²) >= 11 is 19.3. The van der Waals surface area contributed by atoms with Crippen molar-refractivity contribution in [3.8, 4) is 17.0 Å². The molecule has 2 aromatic carbocycles. The molecule has 0 radical (unpaired) electrons. The van der Waals surface area contributed by atoms with Gasteiger partial charge in [0.15, 0.2) is 0 Å². The van der Waals surface area contributed by atoms with Crippen molar-refractivity contribution >= 4 is 34.8 Å². The largest absolute Gasteiger partial charge is 0.470 e. The summed E-state index contributed by atoms with van der Waals surface area (Å²) in [6.07, 6.45) is 2.10. The molecule has 0 spiro atoms. The van der Waals surface area contributed by atoms with E-state index in [-0.39, 0.29) is 0 Å². The third-order valence-electron chi connectivity index (χ3n) is 4.11. The SMILES string of the molecule is Clc1cccc(Cl)c1-c1noc(C2CC2)c1C(Cl)Oc1ccccc1. The number of aromatic nitrogens is 1. The molecule has 1 heterocycles. The maximum atomic E-state index is 6.61. The first-order valence-electron chi connectivity index (χ1n) is 7.94. The van der Waals surface area contributed by atoms with E-state index in [1.165, 1.54) is 0 Å². The lowest BCUT2D eigenvalue weighted by Gasteiger charge is -2.14. The topological polar surface area (TPSA) is 35.3 Å². The molecular formula is C19H14Cl3NO2. The number of ether oxygens (including phenoxy) is 1. The first-order chi connectivity index (χ1) is 12.1. The smallest absolute Gasteiger partial charge is 0.203 e. The number of benzene rings is 2. The Morgan fingerprint density at radius 2 is 1.68 bits per heavy atom. The predicted molar refractivity (Wildman–Crippen MR) is 99.6 cm³/mol. The molecule has 1 fully saturated rings. The lowest BCUT2D eigenvalue weighted by molar-refractivity contribution is 0.283. The summed E-state index contributed by atoms with van der Waals surface area (Å²) in [5.74, 6) is 1.74. The fourth-order valence-corrected chi connectivity index (χ4v) is 3.64. The second kappa shape index (κ2) is 6.91. The number of nitrogens with zero attached hydrogens (tertiary/aromatic N) is 1. The van der Waals surface area contributed by atoms with Crippen molar-refractivity contribution in [2.45, 2.75) is 24.3 Å². The Morgan fingerprint density at radius 3 is 2.32 bits per heavy atom. The number of rotatable bonds is 5. The number of halogens is 3. The van der Waals surface area contributed by atoms with E-state index in [0.29, 0.717) is 38.5 Å². The maximum absolute atomic E-state index is 6.61. The monoisotopic (exact) mass is 393 g/mol. The number of hydrogen-bond donors (Lipinski definition) is 0. The van der Waals surface area contributed by atoms with Crippen molar-refractivity contribution in [1.82, 2.24) is 5.16 Å². The molecule has 128 valence electrons. The van der Waals surface area contributed by atoms with Gasteiger partial charge in [0.25, 0.3) is 0 Å². The molecule has 3 aromatic rings. The Bertz CT molecular complexity index is 871. The van der Waals surface area contributed by atoms with E-state index < -0.39 is 5.56 Å². The standard InChI is InChI=1S/C19H14Cl3NO2/c20-13-7-4-8-14(21)15(13)17-16(18(25-23-17)11-9-10-11)19(22)24-12-5-2-1-3-6-12/h1-8,11,19H,9-10H2. The molecule has 6 heteroatoms. The van der Waals surface area contributed by atoms with Gasteiger partial charge in [-0.3, -0.25) is 0 Å². The second-order valence-electron chi connectivity index (χ2n) is 5.93. The van der Waals surface area contributed by atoms with E-state index >= 15 is 0 Å². The average Bonchev–Trinajstić information content (AvgIpc) is 3.35. The van der Waals surface area contributed by atoms with E-state index in [0.717, 1.165) is 18.6 Å². The van der Waals surface area contributed by atoms with Gasteiger partial charge in [-0.2, -0.15) is 0 Å². The quantitative estimate of drug-likeness (QED) is 0.444. The van der Waals surface area contributed by atoms with Gasteiger partial charge < -0.3 is 9.26 Å². The van der Waals surface area contributed by atoms with Gasteiger partial charge in [-0.15, -0.1) is 0 Å².